The zero-order valence-corrected chi connectivity index (χ0v) is 21.6. The zero-order chi connectivity index (χ0) is 25.7. The van der Waals surface area contributed by atoms with Crippen LogP contribution in [0.25, 0.3) is 16.3 Å². The largest absolute Gasteiger partial charge is 0.393 e. The first-order valence-electron chi connectivity index (χ1n) is 13.3. The summed E-state index contributed by atoms with van der Waals surface area (Å²) in [7, 11) is 3.75. The summed E-state index contributed by atoms with van der Waals surface area (Å²) < 4.78 is 16.1. The Kier molecular flexibility index (Phi) is 6.51. The number of halogens is 1. The van der Waals surface area contributed by atoms with Crippen molar-refractivity contribution >= 4 is 16.3 Å². The van der Waals surface area contributed by atoms with E-state index in [2.05, 4.69) is 35.4 Å². The van der Waals surface area contributed by atoms with Crippen molar-refractivity contribution in [1.29, 1.82) is 0 Å². The van der Waals surface area contributed by atoms with Crippen LogP contribution < -0.4 is 10.9 Å². The lowest BCUT2D eigenvalue weighted by Gasteiger charge is -2.49. The van der Waals surface area contributed by atoms with Gasteiger partial charge in [-0.05, 0) is 98.8 Å². The maximum atomic E-state index is 16.1. The molecule has 0 radical (unpaired) electrons. The van der Waals surface area contributed by atoms with Crippen LogP contribution in [0.3, 0.4) is 0 Å². The Labute approximate surface area is 212 Å². The average Bonchev–Trinajstić information content (AvgIpc) is 3.14. The summed E-state index contributed by atoms with van der Waals surface area (Å²) in [5, 5.41) is 26.6. The molecule has 0 bridgehead atoms. The van der Waals surface area contributed by atoms with Crippen LogP contribution in [0.5, 0.6) is 0 Å². The maximum Gasteiger partial charge on any atom is 0.255 e. The maximum absolute atomic E-state index is 16.1. The molecule has 2 saturated carbocycles. The molecule has 5 unspecified atom stereocenters. The fourth-order valence-corrected chi connectivity index (χ4v) is 7.64. The van der Waals surface area contributed by atoms with E-state index in [4.69, 9.17) is 0 Å². The van der Waals surface area contributed by atoms with E-state index in [9.17, 15) is 15.0 Å². The van der Waals surface area contributed by atoms with Gasteiger partial charge >= 0.3 is 0 Å². The van der Waals surface area contributed by atoms with E-state index in [0.717, 1.165) is 29.4 Å². The highest BCUT2D eigenvalue weighted by Gasteiger charge is 2.59. The molecular weight excluding hydrogens is 455 g/mol. The van der Waals surface area contributed by atoms with E-state index in [0.29, 0.717) is 31.1 Å². The number of aromatic amines is 1. The number of rotatable bonds is 1. The predicted octanol–water partition coefficient (Wildman–Crippen LogP) is 4.89. The Morgan fingerprint density at radius 1 is 1.14 bits per heavy atom. The number of hydrogen-bond donors (Lipinski definition) is 4. The standard InChI is InChI=1S/C28H32FNO3.C2H7N/c1-26-11-8-20-15-27(29)16-21(31)4-3-19(27)9-12-28(20,33)24(26)7-6-23(26)18-2-5-22-17(14-18)10-13-30-25(22)32;1-3-2/h2,5-6,8,10,13-14,19,21,24,31,33H,3-4,7,9,11-12,15-16H2,1H3,(H,30,32);3H,1-2H3/t19?,21?,24?,26?,27?,28-;/m1./s1. The average molecular weight is 495 g/mol. The lowest BCUT2D eigenvalue weighted by molar-refractivity contribution is -0.0359. The van der Waals surface area contributed by atoms with Crippen molar-refractivity contribution < 1.29 is 14.6 Å². The van der Waals surface area contributed by atoms with Gasteiger partial charge < -0.3 is 20.5 Å². The van der Waals surface area contributed by atoms with Crippen LogP contribution in [0.2, 0.25) is 0 Å². The van der Waals surface area contributed by atoms with Crippen LogP contribution >= 0.6 is 0 Å². The van der Waals surface area contributed by atoms with E-state index >= 15 is 4.39 Å². The number of aliphatic hydroxyl groups is 2. The van der Waals surface area contributed by atoms with E-state index in [1.807, 2.05) is 32.3 Å². The van der Waals surface area contributed by atoms with Gasteiger partial charge in [0.15, 0.2) is 0 Å². The van der Waals surface area contributed by atoms with Gasteiger partial charge in [-0.15, -0.1) is 0 Å². The molecule has 2 fully saturated rings. The first-order valence-corrected chi connectivity index (χ1v) is 13.3. The van der Waals surface area contributed by atoms with Gasteiger partial charge in [0.2, 0.25) is 0 Å². The van der Waals surface area contributed by atoms with Crippen LogP contribution in [0.4, 0.5) is 4.39 Å². The summed E-state index contributed by atoms with van der Waals surface area (Å²) in [6.07, 6.45) is 10.0. The van der Waals surface area contributed by atoms with Crippen molar-refractivity contribution in [3.8, 4) is 0 Å². The fraction of sp³-hybridized carbons (Fsp3) is 0.567. The SMILES string of the molecule is CC12CC=C3CC4(F)CC(O)CCC4CC[C@]3(O)C1CC=C2c1ccc2c(=O)[nH]ccc2c1.CNC. The van der Waals surface area contributed by atoms with Crippen molar-refractivity contribution in [2.75, 3.05) is 14.1 Å². The normalized spacial score (nSPS) is 37.4. The molecule has 1 aromatic heterocycles. The third kappa shape index (κ3) is 3.98. The molecule has 6 atom stereocenters. The molecule has 4 aliphatic carbocycles. The summed E-state index contributed by atoms with van der Waals surface area (Å²) in [4.78, 5) is 14.9. The molecule has 0 spiro atoms. The van der Waals surface area contributed by atoms with Gasteiger partial charge in [-0.2, -0.15) is 0 Å². The highest BCUT2D eigenvalue weighted by Crippen LogP contribution is 2.63. The van der Waals surface area contributed by atoms with Crippen molar-refractivity contribution in [1.82, 2.24) is 10.3 Å². The lowest BCUT2D eigenvalue weighted by Crippen LogP contribution is -2.49. The number of fused-ring (bicyclic) bond motifs is 5. The first kappa shape index (κ1) is 25.4. The molecule has 1 heterocycles. The number of aliphatic hydroxyl groups excluding tert-OH is 1. The molecule has 4 aliphatic rings. The van der Waals surface area contributed by atoms with E-state index in [-0.39, 0.29) is 35.7 Å². The molecule has 194 valence electrons. The Hall–Kier alpha value is -2.28. The number of benzene rings is 1. The molecule has 6 heteroatoms. The van der Waals surface area contributed by atoms with Crippen molar-refractivity contribution in [2.24, 2.45) is 17.3 Å². The summed E-state index contributed by atoms with van der Waals surface area (Å²) >= 11 is 0. The summed E-state index contributed by atoms with van der Waals surface area (Å²) in [6.45, 7) is 2.23. The molecule has 0 saturated heterocycles. The molecule has 1 aromatic carbocycles. The van der Waals surface area contributed by atoms with Gasteiger partial charge in [0.05, 0.1) is 11.7 Å². The van der Waals surface area contributed by atoms with Crippen molar-refractivity contribution in [3.05, 3.63) is 64.1 Å². The molecule has 2 aromatic rings. The topological polar surface area (TPSA) is 85.3 Å². The van der Waals surface area contributed by atoms with Gasteiger partial charge in [0, 0.05) is 35.8 Å². The third-order valence-electron chi connectivity index (χ3n) is 9.44. The van der Waals surface area contributed by atoms with E-state index in [1.165, 1.54) is 5.57 Å². The lowest BCUT2D eigenvalue weighted by atomic mass is 9.58. The van der Waals surface area contributed by atoms with Gasteiger partial charge in [-0.1, -0.05) is 25.1 Å². The molecule has 0 aliphatic heterocycles. The predicted molar refractivity (Wildman–Crippen MR) is 142 cm³/mol. The van der Waals surface area contributed by atoms with Gasteiger partial charge in [-0.25, -0.2) is 4.39 Å². The Morgan fingerprint density at radius 3 is 2.69 bits per heavy atom. The molecule has 36 heavy (non-hydrogen) atoms. The molecule has 0 amide bonds. The highest BCUT2D eigenvalue weighted by molar-refractivity contribution is 5.87. The summed E-state index contributed by atoms with van der Waals surface area (Å²) in [5.41, 5.74) is 0.391. The monoisotopic (exact) mass is 494 g/mol. The number of alkyl halides is 1. The molecular formula is C30H39FN2O3. The minimum Gasteiger partial charge on any atom is -0.393 e. The minimum absolute atomic E-state index is 0.00329. The highest BCUT2D eigenvalue weighted by atomic mass is 19.1. The second kappa shape index (κ2) is 9.23. The van der Waals surface area contributed by atoms with E-state index in [1.54, 1.807) is 6.20 Å². The van der Waals surface area contributed by atoms with Gasteiger partial charge in [0.25, 0.3) is 5.56 Å². The Morgan fingerprint density at radius 2 is 1.92 bits per heavy atom. The fourth-order valence-electron chi connectivity index (χ4n) is 7.64. The number of H-pyrrole nitrogens is 1. The number of nitrogens with one attached hydrogen (secondary N) is 2. The van der Waals surface area contributed by atoms with Crippen LogP contribution in [0.1, 0.15) is 63.9 Å². The zero-order valence-electron chi connectivity index (χ0n) is 21.6. The van der Waals surface area contributed by atoms with E-state index < -0.39 is 17.4 Å². The third-order valence-corrected chi connectivity index (χ3v) is 9.44. The van der Waals surface area contributed by atoms with Crippen LogP contribution in [0.15, 0.2) is 53.0 Å². The van der Waals surface area contributed by atoms with Crippen molar-refractivity contribution in [3.63, 3.8) is 0 Å². The Bertz CT molecular complexity index is 1270. The summed E-state index contributed by atoms with van der Waals surface area (Å²) in [5.74, 6) is -0.0846. The summed E-state index contributed by atoms with van der Waals surface area (Å²) in [6, 6.07) is 7.89. The van der Waals surface area contributed by atoms with Gasteiger partial charge in [0.1, 0.15) is 5.67 Å². The second-order valence-corrected chi connectivity index (χ2v) is 11.7. The van der Waals surface area contributed by atoms with Gasteiger partial charge in [-0.3, -0.25) is 4.79 Å². The Balaban J connectivity index is 0.000000848. The smallest absolute Gasteiger partial charge is 0.255 e. The minimum atomic E-state index is -1.41. The molecule has 5 nitrogen and oxygen atoms in total. The number of aromatic nitrogens is 1. The van der Waals surface area contributed by atoms with Crippen LogP contribution in [-0.2, 0) is 0 Å². The van der Waals surface area contributed by atoms with Crippen LogP contribution in [-0.4, -0.2) is 46.7 Å². The first-order chi connectivity index (χ1) is 17.1. The number of allylic oxidation sites excluding steroid dienone is 3. The molecule has 6 rings (SSSR count). The van der Waals surface area contributed by atoms with Crippen molar-refractivity contribution in [2.45, 2.75) is 75.7 Å². The quantitative estimate of drug-likeness (QED) is 0.426. The number of pyridine rings is 1. The number of hydrogen-bond acceptors (Lipinski definition) is 4. The second-order valence-electron chi connectivity index (χ2n) is 11.7. The van der Waals surface area contributed by atoms with Crippen LogP contribution in [0, 0.1) is 17.3 Å². The molecule has 4 N–H and O–H groups in total.